The van der Waals surface area contributed by atoms with Crippen LogP contribution in [0.25, 0.3) is 0 Å². The zero-order valence-corrected chi connectivity index (χ0v) is 16.5. The number of sulfone groups is 1. The fourth-order valence-electron chi connectivity index (χ4n) is 2.55. The SMILES string of the molecule is CCNC(=NCc1ccc(Br)c(F)c1)N1CCS(=O)(=O)C(C)(C)C1. The molecule has 0 unspecified atom stereocenters. The van der Waals surface area contributed by atoms with Crippen LogP contribution in [0.1, 0.15) is 26.3 Å². The Bertz CT molecular complexity index is 735. The standard InChI is InChI=1S/C16H23BrFN3O2S/c1-4-19-15(20-10-12-5-6-13(17)14(18)9-12)21-7-8-24(22,23)16(2,3)11-21/h5-6,9H,4,7-8,10-11H2,1-3H3,(H,19,20). The van der Waals surface area contributed by atoms with E-state index < -0.39 is 14.6 Å². The van der Waals surface area contributed by atoms with Crippen molar-refractivity contribution in [3.63, 3.8) is 0 Å². The van der Waals surface area contributed by atoms with E-state index in [1.165, 1.54) is 6.07 Å². The van der Waals surface area contributed by atoms with Gasteiger partial charge in [-0.3, -0.25) is 0 Å². The van der Waals surface area contributed by atoms with E-state index in [1.54, 1.807) is 19.9 Å². The lowest BCUT2D eigenvalue weighted by Gasteiger charge is -2.39. The smallest absolute Gasteiger partial charge is 0.194 e. The molecule has 0 aromatic heterocycles. The average molecular weight is 420 g/mol. The van der Waals surface area contributed by atoms with E-state index in [-0.39, 0.29) is 11.6 Å². The second-order valence-electron chi connectivity index (χ2n) is 6.42. The summed E-state index contributed by atoms with van der Waals surface area (Å²) in [5.41, 5.74) is 0.759. The minimum atomic E-state index is -3.10. The molecule has 24 heavy (non-hydrogen) atoms. The summed E-state index contributed by atoms with van der Waals surface area (Å²) in [6.07, 6.45) is 0. The topological polar surface area (TPSA) is 61.8 Å². The third kappa shape index (κ3) is 4.27. The van der Waals surface area contributed by atoms with Crippen molar-refractivity contribution < 1.29 is 12.8 Å². The molecule has 0 amide bonds. The Balaban J connectivity index is 2.18. The Labute approximate surface area is 151 Å². The van der Waals surface area contributed by atoms with Crippen molar-refractivity contribution >= 4 is 31.7 Å². The van der Waals surface area contributed by atoms with Crippen LogP contribution in [-0.4, -0.2) is 49.4 Å². The Kier molecular flexibility index (Phi) is 5.91. The lowest BCUT2D eigenvalue weighted by molar-refractivity contribution is 0.353. The molecular weight excluding hydrogens is 397 g/mol. The highest BCUT2D eigenvalue weighted by Gasteiger charge is 2.40. The number of nitrogens with zero attached hydrogens (tertiary/aromatic N) is 2. The van der Waals surface area contributed by atoms with Gasteiger partial charge in [-0.15, -0.1) is 0 Å². The van der Waals surface area contributed by atoms with Crippen LogP contribution in [0.3, 0.4) is 0 Å². The van der Waals surface area contributed by atoms with Crippen LogP contribution in [0.4, 0.5) is 4.39 Å². The van der Waals surface area contributed by atoms with Gasteiger partial charge in [-0.05, 0) is 54.4 Å². The van der Waals surface area contributed by atoms with Gasteiger partial charge in [-0.1, -0.05) is 6.07 Å². The predicted octanol–water partition coefficient (Wildman–Crippen LogP) is 2.56. The second-order valence-corrected chi connectivity index (χ2v) is 10.0. The van der Waals surface area contributed by atoms with Crippen LogP contribution in [-0.2, 0) is 16.4 Å². The molecule has 1 N–H and O–H groups in total. The van der Waals surface area contributed by atoms with Crippen LogP contribution in [0.5, 0.6) is 0 Å². The van der Waals surface area contributed by atoms with Gasteiger partial charge in [0.2, 0.25) is 0 Å². The van der Waals surface area contributed by atoms with E-state index >= 15 is 0 Å². The first-order valence-electron chi connectivity index (χ1n) is 7.86. The first kappa shape index (κ1) is 19.2. The summed E-state index contributed by atoms with van der Waals surface area (Å²) in [5.74, 6) is 0.443. The van der Waals surface area contributed by atoms with E-state index in [9.17, 15) is 12.8 Å². The highest BCUT2D eigenvalue weighted by molar-refractivity contribution is 9.10. The van der Waals surface area contributed by atoms with Crippen molar-refractivity contribution in [2.24, 2.45) is 4.99 Å². The number of halogens is 2. The Morgan fingerprint density at radius 2 is 2.17 bits per heavy atom. The van der Waals surface area contributed by atoms with Crippen LogP contribution in [0, 0.1) is 5.82 Å². The molecule has 5 nitrogen and oxygen atoms in total. The molecule has 2 rings (SSSR count). The number of hydrogen-bond acceptors (Lipinski definition) is 3. The third-order valence-electron chi connectivity index (χ3n) is 4.07. The zero-order chi connectivity index (χ0) is 18.0. The van der Waals surface area contributed by atoms with Crippen LogP contribution in [0.15, 0.2) is 27.7 Å². The first-order valence-corrected chi connectivity index (χ1v) is 10.3. The first-order chi connectivity index (χ1) is 11.2. The number of nitrogens with one attached hydrogen (secondary N) is 1. The van der Waals surface area contributed by atoms with Gasteiger partial charge in [0.05, 0.1) is 21.5 Å². The maximum Gasteiger partial charge on any atom is 0.194 e. The normalized spacial score (nSPS) is 20.0. The molecule has 1 saturated heterocycles. The molecule has 0 bridgehead atoms. The highest BCUT2D eigenvalue weighted by Crippen LogP contribution is 2.24. The molecule has 1 aliphatic rings. The second kappa shape index (κ2) is 7.39. The van der Waals surface area contributed by atoms with Crippen LogP contribution < -0.4 is 5.32 Å². The number of benzene rings is 1. The molecule has 0 radical (unpaired) electrons. The van der Waals surface area contributed by atoms with Gasteiger partial charge in [-0.25, -0.2) is 17.8 Å². The Morgan fingerprint density at radius 1 is 1.46 bits per heavy atom. The van der Waals surface area contributed by atoms with Crippen LogP contribution >= 0.6 is 15.9 Å². The van der Waals surface area contributed by atoms with Crippen molar-refractivity contribution in [3.8, 4) is 0 Å². The van der Waals surface area contributed by atoms with Gasteiger partial charge in [0.1, 0.15) is 5.82 Å². The molecular formula is C16H23BrFN3O2S. The number of guanidine groups is 1. The molecule has 0 atom stereocenters. The molecule has 1 fully saturated rings. The molecule has 0 spiro atoms. The lowest BCUT2D eigenvalue weighted by Crippen LogP contribution is -2.57. The van der Waals surface area contributed by atoms with Crippen LogP contribution in [0.2, 0.25) is 0 Å². The summed E-state index contributed by atoms with van der Waals surface area (Å²) in [7, 11) is -3.10. The Morgan fingerprint density at radius 3 is 2.75 bits per heavy atom. The van der Waals surface area contributed by atoms with E-state index in [0.29, 0.717) is 36.6 Å². The van der Waals surface area contributed by atoms with Crippen molar-refractivity contribution in [2.45, 2.75) is 32.1 Å². The van der Waals surface area contributed by atoms with Crippen molar-refractivity contribution in [2.75, 3.05) is 25.4 Å². The summed E-state index contributed by atoms with van der Waals surface area (Å²) in [5, 5.41) is 3.19. The van der Waals surface area contributed by atoms with Crippen molar-refractivity contribution in [3.05, 3.63) is 34.1 Å². The van der Waals surface area contributed by atoms with E-state index in [2.05, 4.69) is 26.2 Å². The Hall–Kier alpha value is -1.15. The highest BCUT2D eigenvalue weighted by atomic mass is 79.9. The summed E-state index contributed by atoms with van der Waals surface area (Å²) >= 11 is 3.13. The molecule has 0 aliphatic carbocycles. The quantitative estimate of drug-likeness (QED) is 0.603. The molecule has 1 aromatic rings. The summed E-state index contributed by atoms with van der Waals surface area (Å²) in [6, 6.07) is 4.91. The minimum Gasteiger partial charge on any atom is -0.357 e. The minimum absolute atomic E-state index is 0.108. The van der Waals surface area contributed by atoms with E-state index in [4.69, 9.17) is 0 Å². The summed E-state index contributed by atoms with van der Waals surface area (Å²) in [4.78, 5) is 6.50. The largest absolute Gasteiger partial charge is 0.357 e. The number of rotatable bonds is 3. The molecule has 0 saturated carbocycles. The maximum atomic E-state index is 13.6. The predicted molar refractivity (Wildman–Crippen MR) is 98.4 cm³/mol. The van der Waals surface area contributed by atoms with Gasteiger partial charge >= 0.3 is 0 Å². The molecule has 134 valence electrons. The molecule has 1 heterocycles. The van der Waals surface area contributed by atoms with E-state index in [0.717, 1.165) is 5.56 Å². The molecule has 1 aromatic carbocycles. The third-order valence-corrected chi connectivity index (χ3v) is 7.25. The summed E-state index contributed by atoms with van der Waals surface area (Å²) in [6.45, 7) is 7.24. The molecule has 8 heteroatoms. The van der Waals surface area contributed by atoms with Crippen molar-refractivity contribution in [1.82, 2.24) is 10.2 Å². The van der Waals surface area contributed by atoms with Gasteiger partial charge in [0.15, 0.2) is 15.8 Å². The number of aliphatic imine (C=N–C) groups is 1. The fourth-order valence-corrected chi connectivity index (χ4v) is 4.17. The van der Waals surface area contributed by atoms with E-state index in [1.807, 2.05) is 17.9 Å². The van der Waals surface area contributed by atoms with Gasteiger partial charge < -0.3 is 10.2 Å². The van der Waals surface area contributed by atoms with Gasteiger partial charge in [0.25, 0.3) is 0 Å². The lowest BCUT2D eigenvalue weighted by atomic mass is 10.2. The monoisotopic (exact) mass is 419 g/mol. The fraction of sp³-hybridized carbons (Fsp3) is 0.562. The van der Waals surface area contributed by atoms with Crippen molar-refractivity contribution in [1.29, 1.82) is 0 Å². The zero-order valence-electron chi connectivity index (χ0n) is 14.1. The van der Waals surface area contributed by atoms with Gasteiger partial charge in [-0.2, -0.15) is 0 Å². The summed E-state index contributed by atoms with van der Waals surface area (Å²) < 4.78 is 37.5. The maximum absolute atomic E-state index is 13.6. The number of hydrogen-bond donors (Lipinski definition) is 1. The van der Waals surface area contributed by atoms with Gasteiger partial charge in [0, 0.05) is 19.6 Å². The molecule has 1 aliphatic heterocycles. The average Bonchev–Trinajstić information content (AvgIpc) is 2.50.